The maximum Gasteiger partial charge on any atom is 0.280 e. The first-order valence-corrected chi connectivity index (χ1v) is 11.4. The number of nitrogens with zero attached hydrogens (tertiary/aromatic N) is 4. The molecule has 3 heterocycles. The summed E-state index contributed by atoms with van der Waals surface area (Å²) >= 11 is 1.23. The molecule has 0 aliphatic carbocycles. The number of thioether (sulfide) groups is 1. The van der Waals surface area contributed by atoms with E-state index in [4.69, 9.17) is 9.40 Å². The van der Waals surface area contributed by atoms with E-state index in [9.17, 15) is 9.59 Å². The van der Waals surface area contributed by atoms with Crippen molar-refractivity contribution in [2.45, 2.75) is 45.6 Å². The molecule has 0 fully saturated rings. The Kier molecular flexibility index (Phi) is 6.45. The van der Waals surface area contributed by atoms with Gasteiger partial charge in [-0.05, 0) is 38.5 Å². The van der Waals surface area contributed by atoms with Gasteiger partial charge in [0.05, 0.1) is 24.3 Å². The van der Waals surface area contributed by atoms with Gasteiger partial charge in [-0.2, -0.15) is 5.10 Å². The van der Waals surface area contributed by atoms with Crippen LogP contribution in [0.1, 0.15) is 29.5 Å². The van der Waals surface area contributed by atoms with E-state index in [1.807, 2.05) is 51.1 Å². The van der Waals surface area contributed by atoms with E-state index < -0.39 is 0 Å². The zero-order valence-electron chi connectivity index (χ0n) is 18.3. The van der Waals surface area contributed by atoms with Crippen molar-refractivity contribution in [2.24, 2.45) is 0 Å². The molecule has 0 bridgehead atoms. The second-order valence-electron chi connectivity index (χ2n) is 7.51. The van der Waals surface area contributed by atoms with E-state index in [1.165, 1.54) is 17.3 Å². The average molecular weight is 452 g/mol. The third-order valence-electron chi connectivity index (χ3n) is 5.12. The first-order valence-electron chi connectivity index (χ1n) is 10.4. The lowest BCUT2D eigenvalue weighted by Gasteiger charge is -2.12. The highest BCUT2D eigenvalue weighted by Crippen LogP contribution is 2.21. The quantitative estimate of drug-likeness (QED) is 0.326. The Morgan fingerprint density at radius 1 is 1.19 bits per heavy atom. The molecule has 8 nitrogen and oxygen atoms in total. The summed E-state index contributed by atoms with van der Waals surface area (Å²) in [5.41, 5.74) is 3.73. The topological polar surface area (TPSA) is 95.0 Å². The molecule has 1 N–H and O–H groups in total. The lowest BCUT2D eigenvalue weighted by molar-refractivity contribution is -0.118. The van der Waals surface area contributed by atoms with E-state index >= 15 is 0 Å². The number of aromatic nitrogens is 4. The van der Waals surface area contributed by atoms with Crippen molar-refractivity contribution in [3.05, 3.63) is 75.6 Å². The summed E-state index contributed by atoms with van der Waals surface area (Å²) in [7, 11) is 0. The van der Waals surface area contributed by atoms with Crippen LogP contribution in [0.3, 0.4) is 0 Å². The summed E-state index contributed by atoms with van der Waals surface area (Å²) in [6.07, 6.45) is 1.57. The number of benzene rings is 1. The number of fused-ring (bicyclic) bond motifs is 1. The third kappa shape index (κ3) is 4.62. The molecule has 0 aliphatic rings. The van der Waals surface area contributed by atoms with Crippen LogP contribution >= 0.6 is 11.8 Å². The lowest BCUT2D eigenvalue weighted by Crippen LogP contribution is -2.27. The van der Waals surface area contributed by atoms with Gasteiger partial charge in [-0.3, -0.25) is 18.8 Å². The molecule has 0 radical (unpaired) electrons. The van der Waals surface area contributed by atoms with E-state index in [2.05, 4.69) is 10.4 Å². The van der Waals surface area contributed by atoms with Gasteiger partial charge in [0, 0.05) is 13.1 Å². The number of hydrogen-bond acceptors (Lipinski definition) is 6. The van der Waals surface area contributed by atoms with Gasteiger partial charge in [0.25, 0.3) is 5.56 Å². The molecule has 9 heteroatoms. The summed E-state index contributed by atoms with van der Waals surface area (Å²) in [4.78, 5) is 30.5. The Labute approximate surface area is 189 Å². The summed E-state index contributed by atoms with van der Waals surface area (Å²) in [5.74, 6) is 0.650. The van der Waals surface area contributed by atoms with Crippen LogP contribution < -0.4 is 10.9 Å². The Balaban J connectivity index is 1.57. The molecule has 0 aliphatic heterocycles. The van der Waals surface area contributed by atoms with Crippen molar-refractivity contribution in [3.8, 4) is 0 Å². The van der Waals surface area contributed by atoms with Gasteiger partial charge in [-0.1, -0.05) is 41.6 Å². The fourth-order valence-electron chi connectivity index (χ4n) is 3.41. The maximum atomic E-state index is 13.4. The molecule has 0 saturated carbocycles. The standard InChI is InChI=1S/C23H25N5O3S/c1-4-28-21-20(16(3)26-28)25-23(27(22(21)30)13-18-6-5-11-31-18)32-14-19(29)24-12-17-9-7-15(2)8-10-17/h5-11H,4,12-14H2,1-3H3,(H,24,29). The van der Waals surface area contributed by atoms with Gasteiger partial charge >= 0.3 is 0 Å². The molecule has 166 valence electrons. The molecule has 0 atom stereocenters. The summed E-state index contributed by atoms with van der Waals surface area (Å²) in [6.45, 7) is 7.04. The van der Waals surface area contributed by atoms with Gasteiger partial charge in [0.2, 0.25) is 5.91 Å². The zero-order chi connectivity index (χ0) is 22.7. The molecule has 0 spiro atoms. The highest BCUT2D eigenvalue weighted by Gasteiger charge is 2.19. The molecule has 32 heavy (non-hydrogen) atoms. The smallest absolute Gasteiger partial charge is 0.280 e. The highest BCUT2D eigenvalue weighted by atomic mass is 32.2. The lowest BCUT2D eigenvalue weighted by atomic mass is 10.1. The minimum absolute atomic E-state index is 0.129. The van der Waals surface area contributed by atoms with Crippen molar-refractivity contribution >= 4 is 28.7 Å². The minimum Gasteiger partial charge on any atom is -0.467 e. The van der Waals surface area contributed by atoms with E-state index in [1.54, 1.807) is 21.6 Å². The number of carbonyl (C=O) groups excluding carboxylic acids is 1. The van der Waals surface area contributed by atoms with Crippen molar-refractivity contribution in [1.29, 1.82) is 0 Å². The number of rotatable bonds is 8. The second kappa shape index (κ2) is 9.44. The predicted molar refractivity (Wildman–Crippen MR) is 124 cm³/mol. The number of aryl methyl sites for hydroxylation is 3. The van der Waals surface area contributed by atoms with Gasteiger partial charge < -0.3 is 9.73 Å². The molecule has 4 rings (SSSR count). The molecule has 3 aromatic heterocycles. The summed E-state index contributed by atoms with van der Waals surface area (Å²) < 4.78 is 8.66. The molecule has 4 aromatic rings. The zero-order valence-corrected chi connectivity index (χ0v) is 19.1. The number of hydrogen-bond donors (Lipinski definition) is 1. The van der Waals surface area contributed by atoms with Crippen LogP contribution in [0.15, 0.2) is 57.0 Å². The van der Waals surface area contributed by atoms with Crippen LogP contribution in [0, 0.1) is 13.8 Å². The monoisotopic (exact) mass is 451 g/mol. The van der Waals surface area contributed by atoms with Gasteiger partial charge in [-0.25, -0.2) is 4.98 Å². The van der Waals surface area contributed by atoms with Gasteiger partial charge in [-0.15, -0.1) is 0 Å². The number of amides is 1. The third-order valence-corrected chi connectivity index (χ3v) is 6.09. The van der Waals surface area contributed by atoms with Crippen LogP contribution in [0.4, 0.5) is 0 Å². The Morgan fingerprint density at radius 3 is 2.66 bits per heavy atom. The Morgan fingerprint density at radius 2 is 1.97 bits per heavy atom. The first-order chi connectivity index (χ1) is 15.5. The van der Waals surface area contributed by atoms with Crippen LogP contribution in [-0.2, 0) is 24.4 Å². The molecular weight excluding hydrogens is 426 g/mol. The fourth-order valence-corrected chi connectivity index (χ4v) is 4.23. The van der Waals surface area contributed by atoms with E-state index in [0.717, 1.165) is 5.56 Å². The van der Waals surface area contributed by atoms with Crippen LogP contribution in [0.25, 0.3) is 11.0 Å². The predicted octanol–water partition coefficient (Wildman–Crippen LogP) is 3.28. The summed E-state index contributed by atoms with van der Waals surface area (Å²) in [5, 5.41) is 7.82. The van der Waals surface area contributed by atoms with Crippen LogP contribution in [0.5, 0.6) is 0 Å². The highest BCUT2D eigenvalue weighted by molar-refractivity contribution is 7.99. The Hall–Kier alpha value is -3.33. The summed E-state index contributed by atoms with van der Waals surface area (Å²) in [6, 6.07) is 11.6. The maximum absolute atomic E-state index is 13.4. The Bertz CT molecular complexity index is 1290. The second-order valence-corrected chi connectivity index (χ2v) is 8.46. The largest absolute Gasteiger partial charge is 0.467 e. The minimum atomic E-state index is -0.198. The fraction of sp³-hybridized carbons (Fsp3) is 0.304. The van der Waals surface area contributed by atoms with Crippen molar-refractivity contribution in [2.75, 3.05) is 5.75 Å². The molecular formula is C23H25N5O3S. The molecule has 1 amide bonds. The van der Waals surface area contributed by atoms with Crippen LogP contribution in [0.2, 0.25) is 0 Å². The van der Waals surface area contributed by atoms with Crippen LogP contribution in [-0.4, -0.2) is 31.0 Å². The molecule has 0 unspecified atom stereocenters. The van der Waals surface area contributed by atoms with E-state index in [-0.39, 0.29) is 23.8 Å². The number of furan rings is 1. The average Bonchev–Trinajstić information content (AvgIpc) is 3.41. The normalized spacial score (nSPS) is 11.2. The number of nitrogens with one attached hydrogen (secondary N) is 1. The number of carbonyl (C=O) groups is 1. The van der Waals surface area contributed by atoms with Gasteiger partial charge in [0.1, 0.15) is 11.3 Å². The first kappa shape index (κ1) is 21.9. The SMILES string of the molecule is CCn1nc(C)c2nc(SCC(=O)NCc3ccc(C)cc3)n(Cc3ccco3)c(=O)c21. The van der Waals surface area contributed by atoms with Crippen molar-refractivity contribution in [3.63, 3.8) is 0 Å². The molecule has 1 aromatic carbocycles. The molecule has 0 saturated heterocycles. The van der Waals surface area contributed by atoms with E-state index in [0.29, 0.717) is 40.7 Å². The van der Waals surface area contributed by atoms with Crippen molar-refractivity contribution in [1.82, 2.24) is 24.6 Å². The van der Waals surface area contributed by atoms with Crippen molar-refractivity contribution < 1.29 is 9.21 Å². The van der Waals surface area contributed by atoms with Gasteiger partial charge in [0.15, 0.2) is 10.7 Å².